The zero-order valence-corrected chi connectivity index (χ0v) is 21.8. The molecule has 1 atom stereocenters. The van der Waals surface area contributed by atoms with Crippen LogP contribution in [0.1, 0.15) is 57.6 Å². The van der Waals surface area contributed by atoms with Gasteiger partial charge in [0.15, 0.2) is 12.4 Å². The molecule has 36 heavy (non-hydrogen) atoms. The Kier molecular flexibility index (Phi) is 10.6. The molecule has 2 aromatic rings. The van der Waals surface area contributed by atoms with Gasteiger partial charge in [-0.2, -0.15) is 0 Å². The fourth-order valence-corrected chi connectivity index (χ4v) is 4.34. The number of anilines is 1. The third-order valence-electron chi connectivity index (χ3n) is 6.79. The van der Waals surface area contributed by atoms with E-state index >= 15 is 0 Å². The van der Waals surface area contributed by atoms with Gasteiger partial charge in [-0.25, -0.2) is 0 Å². The highest BCUT2D eigenvalue weighted by Gasteiger charge is 2.23. The minimum absolute atomic E-state index is 0.0164. The minimum atomic E-state index is -0.263. The molecule has 0 saturated carbocycles. The standard InChI is InChI=1S/C29H40N2O5/c1-21(2)22(3)31(27(34)16-19-35-18-15-23-10-6-4-7-11-23)17-9-5-8-12-24-13-14-25(32)28-29(24)36-20-26(33)30-28/h4,6-7,10-11,13-14,21-22,32H,5,8-9,12,15-20H2,1-3H3,(H,30,33)/t22-/m1/s1. The lowest BCUT2D eigenvalue weighted by Gasteiger charge is -2.32. The van der Waals surface area contributed by atoms with Gasteiger partial charge in [-0.05, 0) is 55.7 Å². The summed E-state index contributed by atoms with van der Waals surface area (Å²) < 4.78 is 11.3. The highest BCUT2D eigenvalue weighted by atomic mass is 16.5. The van der Waals surface area contributed by atoms with E-state index < -0.39 is 0 Å². The van der Waals surface area contributed by atoms with Gasteiger partial charge in [0.05, 0.1) is 19.6 Å². The van der Waals surface area contributed by atoms with Crippen LogP contribution in [0, 0.1) is 5.92 Å². The summed E-state index contributed by atoms with van der Waals surface area (Å²) in [5.41, 5.74) is 2.57. The van der Waals surface area contributed by atoms with Gasteiger partial charge in [-0.15, -0.1) is 0 Å². The molecule has 7 heteroatoms. The average Bonchev–Trinajstić information content (AvgIpc) is 2.87. The van der Waals surface area contributed by atoms with E-state index in [0.717, 1.165) is 44.2 Å². The molecule has 0 saturated heterocycles. The second-order valence-electron chi connectivity index (χ2n) is 9.77. The molecule has 2 N–H and O–H groups in total. The molecule has 1 aliphatic heterocycles. The Morgan fingerprint density at radius 1 is 1.06 bits per heavy atom. The fourth-order valence-electron chi connectivity index (χ4n) is 4.34. The van der Waals surface area contributed by atoms with Crippen molar-refractivity contribution in [3.63, 3.8) is 0 Å². The Hall–Kier alpha value is -3.06. The third-order valence-corrected chi connectivity index (χ3v) is 6.79. The number of phenols is 1. The van der Waals surface area contributed by atoms with Gasteiger partial charge in [0.25, 0.3) is 5.91 Å². The molecule has 196 valence electrons. The Bertz CT molecular complexity index is 993. The molecule has 2 aromatic carbocycles. The number of unbranched alkanes of at least 4 members (excludes halogenated alkanes) is 2. The largest absolute Gasteiger partial charge is 0.506 e. The van der Waals surface area contributed by atoms with Crippen molar-refractivity contribution < 1.29 is 24.2 Å². The molecule has 3 rings (SSSR count). The minimum Gasteiger partial charge on any atom is -0.506 e. The van der Waals surface area contributed by atoms with Crippen molar-refractivity contribution in [1.29, 1.82) is 0 Å². The number of carbonyl (C=O) groups is 2. The molecule has 0 aromatic heterocycles. The molecule has 0 bridgehead atoms. The zero-order valence-electron chi connectivity index (χ0n) is 21.8. The predicted octanol–water partition coefficient (Wildman–Crippen LogP) is 4.96. The lowest BCUT2D eigenvalue weighted by molar-refractivity contribution is -0.135. The summed E-state index contributed by atoms with van der Waals surface area (Å²) in [7, 11) is 0. The number of aromatic hydroxyl groups is 1. The van der Waals surface area contributed by atoms with Crippen LogP contribution in [0.4, 0.5) is 5.69 Å². The average molecular weight is 497 g/mol. The number of amides is 2. The van der Waals surface area contributed by atoms with E-state index in [-0.39, 0.29) is 30.2 Å². The molecule has 2 amide bonds. The number of nitrogens with one attached hydrogen (secondary N) is 1. The molecular formula is C29H40N2O5. The van der Waals surface area contributed by atoms with E-state index in [1.54, 1.807) is 6.07 Å². The van der Waals surface area contributed by atoms with Gasteiger partial charge >= 0.3 is 0 Å². The second-order valence-corrected chi connectivity index (χ2v) is 9.77. The van der Waals surface area contributed by atoms with E-state index in [1.807, 2.05) is 29.2 Å². The Morgan fingerprint density at radius 3 is 2.58 bits per heavy atom. The molecule has 1 aliphatic rings. The lowest BCUT2D eigenvalue weighted by Crippen LogP contribution is -2.42. The molecule has 0 spiro atoms. The summed E-state index contributed by atoms with van der Waals surface area (Å²) in [6, 6.07) is 13.8. The summed E-state index contributed by atoms with van der Waals surface area (Å²) in [6.07, 6.45) is 4.83. The van der Waals surface area contributed by atoms with Crippen molar-refractivity contribution in [1.82, 2.24) is 4.90 Å². The maximum absolute atomic E-state index is 13.0. The number of benzene rings is 2. The van der Waals surface area contributed by atoms with Gasteiger partial charge in [-0.1, -0.05) is 56.7 Å². The van der Waals surface area contributed by atoms with Gasteiger partial charge in [0, 0.05) is 12.6 Å². The molecule has 0 aliphatic carbocycles. The van der Waals surface area contributed by atoms with Gasteiger partial charge in [-0.3, -0.25) is 9.59 Å². The number of fused-ring (bicyclic) bond motifs is 1. The van der Waals surface area contributed by atoms with Crippen LogP contribution in [0.15, 0.2) is 42.5 Å². The molecule has 0 fully saturated rings. The lowest BCUT2D eigenvalue weighted by atomic mass is 10.0. The smallest absolute Gasteiger partial charge is 0.262 e. The van der Waals surface area contributed by atoms with E-state index in [2.05, 4.69) is 38.2 Å². The second kappa shape index (κ2) is 13.9. The molecule has 7 nitrogen and oxygen atoms in total. The maximum Gasteiger partial charge on any atom is 0.262 e. The Labute approximate surface area is 214 Å². The zero-order chi connectivity index (χ0) is 25.9. The summed E-state index contributed by atoms with van der Waals surface area (Å²) in [5.74, 6) is 0.840. The van der Waals surface area contributed by atoms with Crippen molar-refractivity contribution in [2.45, 2.75) is 65.3 Å². The number of carbonyl (C=O) groups excluding carboxylic acids is 2. The highest BCUT2D eigenvalue weighted by molar-refractivity contribution is 5.97. The first-order chi connectivity index (χ1) is 17.4. The number of phenolic OH excluding ortho intramolecular Hbond substituents is 1. The van der Waals surface area contributed by atoms with Gasteiger partial charge in [0.1, 0.15) is 11.4 Å². The van der Waals surface area contributed by atoms with Crippen LogP contribution in [-0.2, 0) is 27.2 Å². The summed E-state index contributed by atoms with van der Waals surface area (Å²) in [5, 5.41) is 12.7. The number of rotatable bonds is 14. The molecule has 0 radical (unpaired) electrons. The molecular weight excluding hydrogens is 456 g/mol. The van der Waals surface area contributed by atoms with Crippen LogP contribution in [0.5, 0.6) is 11.5 Å². The SMILES string of the molecule is CC(C)[C@@H](C)N(CCCCCc1ccc(O)c2c1OCC(=O)N2)C(=O)CCOCCc1ccccc1. The first kappa shape index (κ1) is 27.5. The predicted molar refractivity (Wildman–Crippen MR) is 141 cm³/mol. The monoisotopic (exact) mass is 496 g/mol. The van der Waals surface area contributed by atoms with Crippen LogP contribution in [0.25, 0.3) is 0 Å². The van der Waals surface area contributed by atoms with Gasteiger partial charge < -0.3 is 24.8 Å². The highest BCUT2D eigenvalue weighted by Crippen LogP contribution is 2.39. The van der Waals surface area contributed by atoms with E-state index in [0.29, 0.717) is 37.0 Å². The van der Waals surface area contributed by atoms with Crippen molar-refractivity contribution >= 4 is 17.5 Å². The first-order valence-electron chi connectivity index (χ1n) is 13.1. The van der Waals surface area contributed by atoms with E-state index in [9.17, 15) is 14.7 Å². The van der Waals surface area contributed by atoms with Crippen molar-refractivity contribution in [2.75, 3.05) is 31.7 Å². The number of nitrogens with zero attached hydrogens (tertiary/aromatic N) is 1. The fraction of sp³-hybridized carbons (Fsp3) is 0.517. The van der Waals surface area contributed by atoms with E-state index in [4.69, 9.17) is 9.47 Å². The summed E-state index contributed by atoms with van der Waals surface area (Å²) in [6.45, 7) is 8.15. The third kappa shape index (κ3) is 7.98. The van der Waals surface area contributed by atoms with Crippen molar-refractivity contribution in [2.24, 2.45) is 5.92 Å². The van der Waals surface area contributed by atoms with E-state index in [1.165, 1.54) is 5.56 Å². The normalized spacial score (nSPS) is 13.6. The first-order valence-corrected chi connectivity index (χ1v) is 13.1. The Morgan fingerprint density at radius 2 is 1.83 bits per heavy atom. The number of ether oxygens (including phenoxy) is 2. The van der Waals surface area contributed by atoms with Crippen molar-refractivity contribution in [3.8, 4) is 11.5 Å². The molecule has 1 heterocycles. The number of aryl methyl sites for hydroxylation is 1. The number of hydrogen-bond donors (Lipinski definition) is 2. The van der Waals surface area contributed by atoms with Crippen molar-refractivity contribution in [3.05, 3.63) is 53.6 Å². The quantitative estimate of drug-likeness (QED) is 0.285. The van der Waals surface area contributed by atoms with Crippen LogP contribution in [-0.4, -0.2) is 54.2 Å². The topological polar surface area (TPSA) is 88.1 Å². The van der Waals surface area contributed by atoms with Crippen LogP contribution < -0.4 is 10.1 Å². The summed E-state index contributed by atoms with van der Waals surface area (Å²) >= 11 is 0. The van der Waals surface area contributed by atoms with Gasteiger partial charge in [0.2, 0.25) is 5.91 Å². The summed E-state index contributed by atoms with van der Waals surface area (Å²) in [4.78, 5) is 26.6. The number of hydrogen-bond acceptors (Lipinski definition) is 5. The van der Waals surface area contributed by atoms with Crippen LogP contribution >= 0.6 is 0 Å². The maximum atomic E-state index is 13.0. The van der Waals surface area contributed by atoms with Crippen LogP contribution in [0.3, 0.4) is 0 Å². The Balaban J connectivity index is 1.42. The molecule has 0 unspecified atom stereocenters. The van der Waals surface area contributed by atoms with Crippen LogP contribution in [0.2, 0.25) is 0 Å².